The Morgan fingerprint density at radius 3 is 2.24 bits per heavy atom. The summed E-state index contributed by atoms with van der Waals surface area (Å²) in [6, 6.07) is 0. The lowest BCUT2D eigenvalue weighted by molar-refractivity contribution is -0.146. The predicted octanol–water partition coefficient (Wildman–Crippen LogP) is 4.72. The Morgan fingerprint density at radius 2 is 1.82 bits per heavy atom. The van der Waals surface area contributed by atoms with Crippen LogP contribution in [-0.2, 0) is 9.53 Å². The van der Waals surface area contributed by atoms with E-state index in [0.29, 0.717) is 6.61 Å². The molecule has 0 radical (unpaired) electrons. The van der Waals surface area contributed by atoms with Crippen molar-refractivity contribution in [2.24, 2.45) is 5.41 Å². The molecule has 1 atom stereocenters. The van der Waals surface area contributed by atoms with Gasteiger partial charge in [-0.05, 0) is 11.8 Å². The third-order valence-electron chi connectivity index (χ3n) is 2.33. The van der Waals surface area contributed by atoms with Gasteiger partial charge in [0.2, 0.25) is 0 Å². The van der Waals surface area contributed by atoms with Crippen molar-refractivity contribution in [1.29, 1.82) is 0 Å². The van der Waals surface area contributed by atoms with Crippen LogP contribution in [-0.4, -0.2) is 21.7 Å². The van der Waals surface area contributed by atoms with E-state index in [1.54, 1.807) is 0 Å². The van der Waals surface area contributed by atoms with Crippen LogP contribution in [0.5, 0.6) is 0 Å². The molecule has 102 valence electrons. The van der Waals surface area contributed by atoms with Crippen molar-refractivity contribution in [2.75, 3.05) is 6.61 Å². The molecule has 2 nitrogen and oxygen atoms in total. The first-order chi connectivity index (χ1) is 7.58. The molecule has 0 aliphatic heterocycles. The number of rotatable bonds is 6. The van der Waals surface area contributed by atoms with Crippen molar-refractivity contribution >= 4 is 52.4 Å². The summed E-state index contributed by atoms with van der Waals surface area (Å²) in [7, 11) is 0. The molecule has 0 N–H and O–H groups in total. The molecule has 0 aromatic heterocycles. The van der Waals surface area contributed by atoms with Gasteiger partial charge in [0, 0.05) is 11.8 Å². The van der Waals surface area contributed by atoms with E-state index >= 15 is 0 Å². The van der Waals surface area contributed by atoms with Gasteiger partial charge in [-0.25, -0.2) is 0 Å². The van der Waals surface area contributed by atoms with Gasteiger partial charge < -0.3 is 4.74 Å². The first-order valence-corrected chi connectivity index (χ1v) is 7.02. The number of ether oxygens (including phenoxy) is 1. The van der Waals surface area contributed by atoms with Gasteiger partial charge in [-0.1, -0.05) is 55.6 Å². The van der Waals surface area contributed by atoms with E-state index in [0.717, 1.165) is 6.42 Å². The van der Waals surface area contributed by atoms with Gasteiger partial charge >= 0.3 is 5.97 Å². The van der Waals surface area contributed by atoms with Gasteiger partial charge in [0.25, 0.3) is 0 Å². The number of hydrogen-bond acceptors (Lipinski definition) is 2. The van der Waals surface area contributed by atoms with Crippen molar-refractivity contribution in [3.05, 3.63) is 0 Å². The third kappa shape index (κ3) is 8.36. The Bertz CT molecular complexity index is 248. The fourth-order valence-electron chi connectivity index (χ4n) is 1.23. The molecule has 0 heterocycles. The first kappa shape index (κ1) is 17.6. The Morgan fingerprint density at radius 1 is 1.29 bits per heavy atom. The summed E-state index contributed by atoms with van der Waals surface area (Å²) in [4.78, 5) is 11.5. The molecule has 0 spiro atoms. The smallest absolute Gasteiger partial charge is 0.306 e. The zero-order valence-electron chi connectivity index (χ0n) is 10.2. The number of carbonyl (C=O) groups is 1. The minimum absolute atomic E-state index is 0.188. The highest BCUT2D eigenvalue weighted by Gasteiger charge is 2.36. The van der Waals surface area contributed by atoms with E-state index in [2.05, 4.69) is 0 Å². The maximum absolute atomic E-state index is 11.5. The van der Waals surface area contributed by atoms with E-state index < -0.39 is 14.6 Å². The average Bonchev–Trinajstić information content (AvgIpc) is 2.11. The molecule has 0 aromatic carbocycles. The molecule has 0 aliphatic rings. The molecule has 0 rings (SSSR count). The zero-order valence-corrected chi connectivity index (χ0v) is 13.3. The quantitative estimate of drug-likeness (QED) is 0.522. The minimum atomic E-state index is -1.41. The minimum Gasteiger partial charge on any atom is -0.466 e. The molecule has 0 saturated heterocycles. The van der Waals surface area contributed by atoms with E-state index in [1.807, 2.05) is 20.8 Å². The fraction of sp³-hybridized carbons (Fsp3) is 0.909. The van der Waals surface area contributed by atoms with E-state index in [1.165, 1.54) is 0 Å². The van der Waals surface area contributed by atoms with Gasteiger partial charge in [-0.3, -0.25) is 4.79 Å². The summed E-state index contributed by atoms with van der Waals surface area (Å²) in [5, 5.41) is -0.413. The van der Waals surface area contributed by atoms with E-state index in [-0.39, 0.29) is 18.8 Å². The summed E-state index contributed by atoms with van der Waals surface area (Å²) in [5.74, 6) is -0.271. The van der Waals surface area contributed by atoms with Crippen LogP contribution in [0.1, 0.15) is 40.0 Å². The molecule has 6 heteroatoms. The lowest BCUT2D eigenvalue weighted by atomic mass is 9.84. The first-order valence-electron chi connectivity index (χ1n) is 5.45. The second kappa shape index (κ2) is 7.28. The van der Waals surface area contributed by atoms with Crippen LogP contribution >= 0.6 is 46.4 Å². The Balaban J connectivity index is 4.30. The summed E-state index contributed by atoms with van der Waals surface area (Å²) in [5.41, 5.74) is -0.476. The molecule has 0 aromatic rings. The summed E-state index contributed by atoms with van der Waals surface area (Å²) < 4.78 is 3.61. The fourth-order valence-corrected chi connectivity index (χ4v) is 2.24. The van der Waals surface area contributed by atoms with E-state index in [9.17, 15) is 4.79 Å². The van der Waals surface area contributed by atoms with Crippen LogP contribution < -0.4 is 0 Å². The lowest BCUT2D eigenvalue weighted by Gasteiger charge is -2.31. The number of esters is 1. The zero-order chi connectivity index (χ0) is 13.7. The second-order valence-corrected chi connectivity index (χ2v) is 7.72. The molecule has 0 amide bonds. The molecule has 17 heavy (non-hydrogen) atoms. The molecule has 0 bridgehead atoms. The predicted molar refractivity (Wildman–Crippen MR) is 74.2 cm³/mol. The highest BCUT2D eigenvalue weighted by atomic mass is 35.6. The molecule has 0 saturated carbocycles. The summed E-state index contributed by atoms with van der Waals surface area (Å²) >= 11 is 23.2. The van der Waals surface area contributed by atoms with Gasteiger partial charge in [0.1, 0.15) is 0 Å². The topological polar surface area (TPSA) is 26.3 Å². The molecular weight excluding hydrogens is 306 g/mol. The Labute approximate surface area is 123 Å². The van der Waals surface area contributed by atoms with E-state index in [4.69, 9.17) is 51.1 Å². The normalized spacial score (nSPS) is 14.5. The Hall–Kier alpha value is 0.630. The van der Waals surface area contributed by atoms with Crippen LogP contribution in [0.4, 0.5) is 0 Å². The van der Waals surface area contributed by atoms with Crippen LogP contribution in [0.3, 0.4) is 0 Å². The van der Waals surface area contributed by atoms with Crippen molar-refractivity contribution in [1.82, 2.24) is 0 Å². The second-order valence-electron chi connectivity index (χ2n) is 4.67. The van der Waals surface area contributed by atoms with Crippen LogP contribution in [0, 0.1) is 5.41 Å². The molecular formula is C11H18Cl4O2. The largest absolute Gasteiger partial charge is 0.466 e. The van der Waals surface area contributed by atoms with Gasteiger partial charge in [-0.15, -0.1) is 11.6 Å². The van der Waals surface area contributed by atoms with Crippen LogP contribution in [0.2, 0.25) is 0 Å². The standard InChI is InChI=1S/C11H18Cl4O2/c1-4-5-17-9(16)7-10(2,3)8(12)6-11(13,14)15/h8H,4-7H2,1-3H3. The van der Waals surface area contributed by atoms with Gasteiger partial charge in [0.15, 0.2) is 3.79 Å². The molecule has 0 fully saturated rings. The number of hydrogen-bond donors (Lipinski definition) is 0. The highest BCUT2D eigenvalue weighted by molar-refractivity contribution is 6.67. The highest BCUT2D eigenvalue weighted by Crippen LogP contribution is 2.40. The molecule has 0 aliphatic carbocycles. The van der Waals surface area contributed by atoms with Crippen LogP contribution in [0.15, 0.2) is 0 Å². The lowest BCUT2D eigenvalue weighted by Crippen LogP contribution is -2.31. The SMILES string of the molecule is CCCOC(=O)CC(C)(C)C(Cl)CC(Cl)(Cl)Cl. The van der Waals surface area contributed by atoms with Gasteiger partial charge in [0.05, 0.1) is 13.0 Å². The third-order valence-corrected chi connectivity index (χ3v) is 3.53. The van der Waals surface area contributed by atoms with Crippen molar-refractivity contribution in [2.45, 2.75) is 49.2 Å². The Kier molecular flexibility index (Phi) is 7.55. The molecule has 1 unspecified atom stereocenters. The maximum atomic E-state index is 11.5. The number of carbonyl (C=O) groups excluding carboxylic acids is 1. The average molecular weight is 324 g/mol. The summed E-state index contributed by atoms with van der Waals surface area (Å²) in [6.07, 6.45) is 1.19. The monoisotopic (exact) mass is 322 g/mol. The van der Waals surface area contributed by atoms with Gasteiger partial charge in [-0.2, -0.15) is 0 Å². The number of halogens is 4. The van der Waals surface area contributed by atoms with Crippen LogP contribution in [0.25, 0.3) is 0 Å². The van der Waals surface area contributed by atoms with Crippen molar-refractivity contribution in [3.8, 4) is 0 Å². The van der Waals surface area contributed by atoms with Crippen molar-refractivity contribution in [3.63, 3.8) is 0 Å². The maximum Gasteiger partial charge on any atom is 0.306 e. The summed E-state index contributed by atoms with van der Waals surface area (Å²) in [6.45, 7) is 6.07. The van der Waals surface area contributed by atoms with Crippen molar-refractivity contribution < 1.29 is 9.53 Å². The number of alkyl halides is 4.